The number of rotatable bonds is 5. The molecule has 26 heavy (non-hydrogen) atoms. The molecule has 0 aromatic heterocycles. The summed E-state index contributed by atoms with van der Waals surface area (Å²) in [5, 5.41) is 9.46. The highest BCUT2D eigenvalue weighted by molar-refractivity contribution is 7.92. The Morgan fingerprint density at radius 3 is 2.38 bits per heavy atom. The molecule has 0 aliphatic heterocycles. The summed E-state index contributed by atoms with van der Waals surface area (Å²) in [6, 6.07) is 9.96. The molecule has 0 unspecified atom stereocenters. The molecule has 138 valence electrons. The fourth-order valence-electron chi connectivity index (χ4n) is 3.27. The van der Waals surface area contributed by atoms with E-state index in [1.165, 1.54) is 17.7 Å². The second-order valence-electron chi connectivity index (χ2n) is 7.01. The standard InChI is InChI=1S/C20H23NO4S/c1-13(2)15-8-10-19(18(12-15)20(22)23)21-26(24,25)17-9-7-14-5-3-4-6-16(14)11-17/h7-13,21H,3-6H2,1-2H3,(H,22,23). The van der Waals surface area contributed by atoms with Crippen molar-refractivity contribution in [3.05, 3.63) is 58.7 Å². The highest BCUT2D eigenvalue weighted by Crippen LogP contribution is 2.27. The Labute approximate surface area is 154 Å². The maximum Gasteiger partial charge on any atom is 0.337 e. The highest BCUT2D eigenvalue weighted by Gasteiger charge is 2.21. The molecule has 2 aromatic rings. The zero-order valence-electron chi connectivity index (χ0n) is 15.0. The Hall–Kier alpha value is -2.34. The maximum absolute atomic E-state index is 12.8. The Bertz CT molecular complexity index is 948. The van der Waals surface area contributed by atoms with Crippen LogP contribution in [0.1, 0.15) is 59.7 Å². The van der Waals surface area contributed by atoms with Crippen molar-refractivity contribution >= 4 is 21.7 Å². The zero-order chi connectivity index (χ0) is 18.9. The number of hydrogen-bond donors (Lipinski definition) is 2. The highest BCUT2D eigenvalue weighted by atomic mass is 32.2. The molecule has 0 amide bonds. The van der Waals surface area contributed by atoms with Crippen LogP contribution in [0.25, 0.3) is 0 Å². The lowest BCUT2D eigenvalue weighted by Gasteiger charge is -2.17. The van der Waals surface area contributed by atoms with Gasteiger partial charge in [0.2, 0.25) is 0 Å². The molecule has 6 heteroatoms. The van der Waals surface area contributed by atoms with Crippen molar-refractivity contribution in [1.82, 2.24) is 0 Å². The van der Waals surface area contributed by atoms with Gasteiger partial charge in [0.25, 0.3) is 10.0 Å². The van der Waals surface area contributed by atoms with Crippen molar-refractivity contribution in [3.63, 3.8) is 0 Å². The summed E-state index contributed by atoms with van der Waals surface area (Å²) < 4.78 is 28.0. The van der Waals surface area contributed by atoms with E-state index in [2.05, 4.69) is 4.72 Å². The Balaban J connectivity index is 1.96. The topological polar surface area (TPSA) is 83.5 Å². The molecule has 0 spiro atoms. The molecule has 0 heterocycles. The van der Waals surface area contributed by atoms with Gasteiger partial charge in [0.1, 0.15) is 0 Å². The maximum atomic E-state index is 12.8. The van der Waals surface area contributed by atoms with E-state index in [1.807, 2.05) is 19.9 Å². The molecule has 1 aliphatic rings. The summed E-state index contributed by atoms with van der Waals surface area (Å²) in [4.78, 5) is 11.7. The Morgan fingerprint density at radius 2 is 1.73 bits per heavy atom. The first kappa shape index (κ1) is 18.5. The van der Waals surface area contributed by atoms with Crippen molar-refractivity contribution < 1.29 is 18.3 Å². The minimum absolute atomic E-state index is 0.0438. The Kier molecular flexibility index (Phi) is 5.05. The third-order valence-electron chi connectivity index (χ3n) is 4.82. The lowest BCUT2D eigenvalue weighted by atomic mass is 9.92. The van der Waals surface area contributed by atoms with Crippen LogP contribution in [0.2, 0.25) is 0 Å². The summed E-state index contributed by atoms with van der Waals surface area (Å²) in [5.74, 6) is -1.00. The van der Waals surface area contributed by atoms with E-state index in [4.69, 9.17) is 0 Å². The monoisotopic (exact) mass is 373 g/mol. The van der Waals surface area contributed by atoms with Gasteiger partial charge in [0, 0.05) is 0 Å². The van der Waals surface area contributed by atoms with E-state index in [-0.39, 0.29) is 22.1 Å². The van der Waals surface area contributed by atoms with Crippen molar-refractivity contribution in [2.24, 2.45) is 0 Å². The molecule has 0 radical (unpaired) electrons. The predicted octanol–water partition coefficient (Wildman–Crippen LogP) is 4.19. The molecule has 0 saturated heterocycles. The molecule has 5 nitrogen and oxygen atoms in total. The van der Waals surface area contributed by atoms with E-state index in [0.29, 0.717) is 0 Å². The molecule has 2 aromatic carbocycles. The van der Waals surface area contributed by atoms with E-state index < -0.39 is 16.0 Å². The smallest absolute Gasteiger partial charge is 0.337 e. The van der Waals surface area contributed by atoms with Crippen LogP contribution < -0.4 is 4.72 Å². The predicted molar refractivity (Wildman–Crippen MR) is 101 cm³/mol. The van der Waals surface area contributed by atoms with Gasteiger partial charge in [-0.15, -0.1) is 0 Å². The van der Waals surface area contributed by atoms with Crippen LogP contribution in [0.5, 0.6) is 0 Å². The molecular weight excluding hydrogens is 350 g/mol. The van der Waals surface area contributed by atoms with Gasteiger partial charge in [-0.1, -0.05) is 26.0 Å². The first-order valence-electron chi connectivity index (χ1n) is 8.80. The Morgan fingerprint density at radius 1 is 1.04 bits per heavy atom. The van der Waals surface area contributed by atoms with Crippen molar-refractivity contribution in [1.29, 1.82) is 0 Å². The number of hydrogen-bond acceptors (Lipinski definition) is 3. The molecule has 0 saturated carbocycles. The van der Waals surface area contributed by atoms with Crippen molar-refractivity contribution in [2.45, 2.75) is 50.3 Å². The van der Waals surface area contributed by atoms with Crippen molar-refractivity contribution in [2.75, 3.05) is 4.72 Å². The summed E-state index contributed by atoms with van der Waals surface area (Å²) >= 11 is 0. The average molecular weight is 373 g/mol. The molecule has 2 N–H and O–H groups in total. The molecular formula is C20H23NO4S. The number of aryl methyl sites for hydroxylation is 2. The number of carbonyl (C=O) groups is 1. The molecule has 1 aliphatic carbocycles. The third kappa shape index (κ3) is 3.75. The second-order valence-corrected chi connectivity index (χ2v) is 8.69. The number of fused-ring (bicyclic) bond motifs is 1. The van der Waals surface area contributed by atoms with E-state index in [9.17, 15) is 18.3 Å². The lowest BCUT2D eigenvalue weighted by molar-refractivity contribution is 0.0698. The molecule has 0 bridgehead atoms. The first-order valence-corrected chi connectivity index (χ1v) is 10.3. The fourth-order valence-corrected chi connectivity index (χ4v) is 4.40. The van der Waals surface area contributed by atoms with E-state index >= 15 is 0 Å². The minimum Gasteiger partial charge on any atom is -0.478 e. The van der Waals surface area contributed by atoms with Crippen LogP contribution in [0.15, 0.2) is 41.3 Å². The quantitative estimate of drug-likeness (QED) is 0.823. The van der Waals surface area contributed by atoms with Gasteiger partial charge in [-0.25, -0.2) is 13.2 Å². The third-order valence-corrected chi connectivity index (χ3v) is 6.18. The number of carboxylic acid groups (broad SMARTS) is 1. The summed E-state index contributed by atoms with van der Waals surface area (Å²) in [7, 11) is -3.85. The van der Waals surface area contributed by atoms with Gasteiger partial charge in [-0.3, -0.25) is 4.72 Å². The number of anilines is 1. The number of benzene rings is 2. The van der Waals surface area contributed by atoms with Gasteiger partial charge >= 0.3 is 5.97 Å². The van der Waals surface area contributed by atoms with Crippen LogP contribution in [0, 0.1) is 0 Å². The van der Waals surface area contributed by atoms with Crippen molar-refractivity contribution in [3.8, 4) is 0 Å². The summed E-state index contributed by atoms with van der Waals surface area (Å²) in [5.41, 5.74) is 3.15. The number of nitrogens with one attached hydrogen (secondary N) is 1. The SMILES string of the molecule is CC(C)c1ccc(NS(=O)(=O)c2ccc3c(c2)CCCC3)c(C(=O)O)c1. The first-order chi connectivity index (χ1) is 12.3. The van der Waals surface area contributed by atoms with Crippen LogP contribution in [-0.2, 0) is 22.9 Å². The van der Waals surface area contributed by atoms with Crippen LogP contribution in [-0.4, -0.2) is 19.5 Å². The van der Waals surface area contributed by atoms with Gasteiger partial charge in [0.05, 0.1) is 16.1 Å². The lowest BCUT2D eigenvalue weighted by Crippen LogP contribution is -2.17. The average Bonchev–Trinajstić information content (AvgIpc) is 2.61. The van der Waals surface area contributed by atoms with Crippen LogP contribution in [0.4, 0.5) is 5.69 Å². The minimum atomic E-state index is -3.85. The van der Waals surface area contributed by atoms with Gasteiger partial charge in [-0.05, 0) is 72.6 Å². The molecule has 0 atom stereocenters. The largest absolute Gasteiger partial charge is 0.478 e. The molecule has 0 fully saturated rings. The van der Waals surface area contributed by atoms with E-state index in [0.717, 1.165) is 36.8 Å². The number of carboxylic acids is 1. The number of sulfonamides is 1. The van der Waals surface area contributed by atoms with Gasteiger partial charge in [-0.2, -0.15) is 0 Å². The fraction of sp³-hybridized carbons (Fsp3) is 0.350. The van der Waals surface area contributed by atoms with Gasteiger partial charge < -0.3 is 5.11 Å². The second kappa shape index (κ2) is 7.11. The van der Waals surface area contributed by atoms with Gasteiger partial charge in [0.15, 0.2) is 0 Å². The molecule has 3 rings (SSSR count). The normalized spacial score (nSPS) is 14.1. The zero-order valence-corrected chi connectivity index (χ0v) is 15.8. The summed E-state index contributed by atoms with van der Waals surface area (Å²) in [6.45, 7) is 3.91. The number of aromatic carboxylic acids is 1. The summed E-state index contributed by atoms with van der Waals surface area (Å²) in [6.07, 6.45) is 4.04. The van der Waals surface area contributed by atoms with Crippen LogP contribution in [0.3, 0.4) is 0 Å². The van der Waals surface area contributed by atoms with Crippen LogP contribution >= 0.6 is 0 Å². The van der Waals surface area contributed by atoms with E-state index in [1.54, 1.807) is 18.2 Å².